The standard InChI is InChI=1S/C16H18N2O2/c1-20-15-5-3-2-4-14(15)12-18-16(19)7-6-13-8-10-17-11-9-13/h2-5,8-11H,6-7,12H2,1H3,(H,18,19). The van der Waals surface area contributed by atoms with Gasteiger partial charge in [-0.25, -0.2) is 0 Å². The average molecular weight is 270 g/mol. The maximum atomic E-state index is 11.8. The number of nitrogens with zero attached hydrogens (tertiary/aromatic N) is 1. The maximum absolute atomic E-state index is 11.8. The van der Waals surface area contributed by atoms with Crippen LogP contribution in [0.5, 0.6) is 5.75 Å². The van der Waals surface area contributed by atoms with Gasteiger partial charge in [0.25, 0.3) is 0 Å². The second-order valence-corrected chi connectivity index (χ2v) is 4.44. The first-order valence-electron chi connectivity index (χ1n) is 6.57. The molecular weight excluding hydrogens is 252 g/mol. The van der Waals surface area contributed by atoms with Crippen LogP contribution in [0.2, 0.25) is 0 Å². The van der Waals surface area contributed by atoms with E-state index < -0.39 is 0 Å². The molecule has 4 nitrogen and oxygen atoms in total. The normalized spacial score (nSPS) is 10.1. The lowest BCUT2D eigenvalue weighted by Crippen LogP contribution is -2.23. The molecule has 0 bridgehead atoms. The van der Waals surface area contributed by atoms with Gasteiger partial charge in [0, 0.05) is 30.9 Å². The summed E-state index contributed by atoms with van der Waals surface area (Å²) in [7, 11) is 1.63. The van der Waals surface area contributed by atoms with Gasteiger partial charge in [-0.3, -0.25) is 9.78 Å². The highest BCUT2D eigenvalue weighted by Gasteiger charge is 2.05. The van der Waals surface area contributed by atoms with E-state index in [-0.39, 0.29) is 5.91 Å². The summed E-state index contributed by atoms with van der Waals surface area (Å²) in [5.41, 5.74) is 2.10. The molecule has 1 aromatic carbocycles. The minimum Gasteiger partial charge on any atom is -0.496 e. The summed E-state index contributed by atoms with van der Waals surface area (Å²) in [5, 5.41) is 2.91. The van der Waals surface area contributed by atoms with Crippen molar-refractivity contribution in [2.24, 2.45) is 0 Å². The summed E-state index contributed by atoms with van der Waals surface area (Å²) in [6, 6.07) is 11.5. The smallest absolute Gasteiger partial charge is 0.220 e. The van der Waals surface area contributed by atoms with Crippen LogP contribution in [0.3, 0.4) is 0 Å². The fourth-order valence-electron chi connectivity index (χ4n) is 1.94. The van der Waals surface area contributed by atoms with Gasteiger partial charge in [-0.1, -0.05) is 18.2 Å². The Hall–Kier alpha value is -2.36. The molecule has 4 heteroatoms. The minimum atomic E-state index is 0.0349. The third-order valence-corrected chi connectivity index (χ3v) is 3.06. The SMILES string of the molecule is COc1ccccc1CNC(=O)CCc1ccncc1. The van der Waals surface area contributed by atoms with Crippen LogP contribution in [0.1, 0.15) is 17.5 Å². The third kappa shape index (κ3) is 4.09. The van der Waals surface area contributed by atoms with Crippen molar-refractivity contribution >= 4 is 5.91 Å². The van der Waals surface area contributed by atoms with Crippen molar-refractivity contribution in [3.63, 3.8) is 0 Å². The van der Waals surface area contributed by atoms with E-state index in [1.165, 1.54) is 0 Å². The van der Waals surface area contributed by atoms with E-state index in [4.69, 9.17) is 4.74 Å². The molecule has 0 saturated heterocycles. The Labute approximate surface area is 118 Å². The number of aryl methyl sites for hydroxylation is 1. The van der Waals surface area contributed by atoms with Gasteiger partial charge < -0.3 is 10.1 Å². The Balaban J connectivity index is 1.80. The van der Waals surface area contributed by atoms with Crippen molar-refractivity contribution in [1.29, 1.82) is 0 Å². The highest BCUT2D eigenvalue weighted by molar-refractivity contribution is 5.76. The topological polar surface area (TPSA) is 51.2 Å². The number of pyridine rings is 1. The van der Waals surface area contributed by atoms with E-state index in [2.05, 4.69) is 10.3 Å². The number of amides is 1. The number of nitrogens with one attached hydrogen (secondary N) is 1. The molecule has 1 heterocycles. The molecule has 20 heavy (non-hydrogen) atoms. The predicted molar refractivity (Wildman–Crippen MR) is 77.4 cm³/mol. The van der Waals surface area contributed by atoms with E-state index in [9.17, 15) is 4.79 Å². The van der Waals surface area contributed by atoms with Gasteiger partial charge in [-0.15, -0.1) is 0 Å². The Bertz CT molecular complexity index is 555. The van der Waals surface area contributed by atoms with Gasteiger partial charge in [0.15, 0.2) is 0 Å². The molecule has 2 aromatic rings. The highest BCUT2D eigenvalue weighted by atomic mass is 16.5. The molecule has 1 aromatic heterocycles. The van der Waals surface area contributed by atoms with Crippen LogP contribution in [0.25, 0.3) is 0 Å². The van der Waals surface area contributed by atoms with E-state index in [1.807, 2.05) is 36.4 Å². The first kappa shape index (κ1) is 14.1. The van der Waals surface area contributed by atoms with Crippen LogP contribution >= 0.6 is 0 Å². The van der Waals surface area contributed by atoms with Crippen LogP contribution in [0.4, 0.5) is 0 Å². The van der Waals surface area contributed by atoms with E-state index in [1.54, 1.807) is 19.5 Å². The Morgan fingerprint density at radius 1 is 1.20 bits per heavy atom. The molecule has 0 saturated carbocycles. The van der Waals surface area contributed by atoms with Crippen molar-refractivity contribution < 1.29 is 9.53 Å². The summed E-state index contributed by atoms with van der Waals surface area (Å²) in [4.78, 5) is 15.8. The van der Waals surface area contributed by atoms with Crippen molar-refractivity contribution in [1.82, 2.24) is 10.3 Å². The monoisotopic (exact) mass is 270 g/mol. The minimum absolute atomic E-state index is 0.0349. The Kier molecular flexibility index (Phi) is 5.12. The first-order valence-corrected chi connectivity index (χ1v) is 6.57. The summed E-state index contributed by atoms with van der Waals surface area (Å²) in [6.45, 7) is 0.485. The Morgan fingerprint density at radius 2 is 1.95 bits per heavy atom. The predicted octanol–water partition coefficient (Wildman–Crippen LogP) is 2.34. The first-order chi connectivity index (χ1) is 9.79. The number of hydrogen-bond acceptors (Lipinski definition) is 3. The van der Waals surface area contributed by atoms with Crippen LogP contribution in [0.15, 0.2) is 48.8 Å². The number of ether oxygens (including phenoxy) is 1. The third-order valence-electron chi connectivity index (χ3n) is 3.06. The molecule has 1 amide bonds. The van der Waals surface area contributed by atoms with Gasteiger partial charge in [-0.2, -0.15) is 0 Å². The number of rotatable bonds is 6. The lowest BCUT2D eigenvalue weighted by Gasteiger charge is -2.09. The molecule has 2 rings (SSSR count). The zero-order valence-corrected chi connectivity index (χ0v) is 11.5. The van der Waals surface area contributed by atoms with Gasteiger partial charge in [-0.05, 0) is 30.2 Å². The summed E-state index contributed by atoms with van der Waals surface area (Å²) in [6.07, 6.45) is 4.67. The summed E-state index contributed by atoms with van der Waals surface area (Å²) >= 11 is 0. The van der Waals surface area contributed by atoms with Crippen LogP contribution in [-0.2, 0) is 17.8 Å². The quantitative estimate of drug-likeness (QED) is 0.876. The number of benzene rings is 1. The molecule has 0 aliphatic rings. The molecule has 0 radical (unpaired) electrons. The fourth-order valence-corrected chi connectivity index (χ4v) is 1.94. The van der Waals surface area contributed by atoms with Crippen molar-refractivity contribution in [2.75, 3.05) is 7.11 Å². The molecule has 104 valence electrons. The molecule has 0 aliphatic heterocycles. The van der Waals surface area contributed by atoms with Crippen molar-refractivity contribution in [3.05, 3.63) is 59.9 Å². The summed E-state index contributed by atoms with van der Waals surface area (Å²) in [5.74, 6) is 0.828. The highest BCUT2D eigenvalue weighted by Crippen LogP contribution is 2.16. The van der Waals surface area contributed by atoms with Crippen LogP contribution in [-0.4, -0.2) is 18.0 Å². The van der Waals surface area contributed by atoms with Gasteiger partial charge in [0.1, 0.15) is 5.75 Å². The molecule has 0 spiro atoms. The van der Waals surface area contributed by atoms with Gasteiger partial charge >= 0.3 is 0 Å². The number of carbonyl (C=O) groups excluding carboxylic acids is 1. The fraction of sp³-hybridized carbons (Fsp3) is 0.250. The maximum Gasteiger partial charge on any atom is 0.220 e. The summed E-state index contributed by atoms with van der Waals surface area (Å²) < 4.78 is 5.25. The van der Waals surface area contributed by atoms with Crippen LogP contribution < -0.4 is 10.1 Å². The van der Waals surface area contributed by atoms with Gasteiger partial charge in [0.05, 0.1) is 7.11 Å². The van der Waals surface area contributed by atoms with Crippen molar-refractivity contribution in [2.45, 2.75) is 19.4 Å². The molecule has 0 unspecified atom stereocenters. The number of para-hydroxylation sites is 1. The number of carbonyl (C=O) groups is 1. The second-order valence-electron chi connectivity index (χ2n) is 4.44. The molecule has 0 aliphatic carbocycles. The molecule has 1 N–H and O–H groups in total. The van der Waals surface area contributed by atoms with Crippen LogP contribution in [0, 0.1) is 0 Å². The molecular formula is C16H18N2O2. The molecule has 0 fully saturated rings. The lowest BCUT2D eigenvalue weighted by atomic mass is 10.1. The lowest BCUT2D eigenvalue weighted by molar-refractivity contribution is -0.121. The van der Waals surface area contributed by atoms with E-state index >= 15 is 0 Å². The number of aromatic nitrogens is 1. The number of hydrogen-bond donors (Lipinski definition) is 1. The Morgan fingerprint density at radius 3 is 2.70 bits per heavy atom. The zero-order chi connectivity index (χ0) is 14.2. The number of methoxy groups -OCH3 is 1. The van der Waals surface area contributed by atoms with E-state index in [0.29, 0.717) is 13.0 Å². The molecule has 0 atom stereocenters. The van der Waals surface area contributed by atoms with Gasteiger partial charge in [0.2, 0.25) is 5.91 Å². The second kappa shape index (κ2) is 7.28. The zero-order valence-electron chi connectivity index (χ0n) is 11.5. The average Bonchev–Trinajstić information content (AvgIpc) is 2.52. The van der Waals surface area contributed by atoms with E-state index in [0.717, 1.165) is 23.3 Å². The largest absolute Gasteiger partial charge is 0.496 e. The van der Waals surface area contributed by atoms with Crippen molar-refractivity contribution in [3.8, 4) is 5.75 Å².